The van der Waals surface area contributed by atoms with E-state index in [0.717, 1.165) is 19.0 Å². The Morgan fingerprint density at radius 2 is 2.17 bits per heavy atom. The SMILES string of the molecule is CCN(CC1CC1)C(C)C(C)=O. The molecule has 0 bridgehead atoms. The molecule has 0 aliphatic heterocycles. The van der Waals surface area contributed by atoms with E-state index in [9.17, 15) is 4.79 Å². The van der Waals surface area contributed by atoms with Gasteiger partial charge in [-0.05, 0) is 39.2 Å². The molecule has 1 aliphatic carbocycles. The summed E-state index contributed by atoms with van der Waals surface area (Å²) < 4.78 is 0. The fraction of sp³-hybridized carbons (Fsp3) is 0.900. The number of hydrogen-bond donors (Lipinski definition) is 0. The largest absolute Gasteiger partial charge is 0.298 e. The molecule has 0 radical (unpaired) electrons. The monoisotopic (exact) mass is 169 g/mol. The van der Waals surface area contributed by atoms with E-state index in [1.807, 2.05) is 6.92 Å². The number of hydrogen-bond acceptors (Lipinski definition) is 2. The van der Waals surface area contributed by atoms with Crippen molar-refractivity contribution in [3.63, 3.8) is 0 Å². The van der Waals surface area contributed by atoms with Crippen LogP contribution in [-0.2, 0) is 4.79 Å². The summed E-state index contributed by atoms with van der Waals surface area (Å²) >= 11 is 0. The molecule has 2 nitrogen and oxygen atoms in total. The number of carbonyl (C=O) groups is 1. The number of nitrogens with zero attached hydrogens (tertiary/aromatic N) is 1. The average Bonchev–Trinajstić information content (AvgIpc) is 2.82. The summed E-state index contributed by atoms with van der Waals surface area (Å²) in [6.45, 7) is 7.94. The summed E-state index contributed by atoms with van der Waals surface area (Å²) in [6.07, 6.45) is 2.72. The maximum atomic E-state index is 11.1. The average molecular weight is 169 g/mol. The van der Waals surface area contributed by atoms with E-state index in [0.29, 0.717) is 0 Å². The molecule has 2 heteroatoms. The van der Waals surface area contributed by atoms with E-state index in [4.69, 9.17) is 0 Å². The van der Waals surface area contributed by atoms with Crippen LogP contribution in [0.1, 0.15) is 33.6 Å². The van der Waals surface area contributed by atoms with Gasteiger partial charge in [-0.25, -0.2) is 0 Å². The van der Waals surface area contributed by atoms with Crippen molar-refractivity contribution in [3.8, 4) is 0 Å². The summed E-state index contributed by atoms with van der Waals surface area (Å²) in [4.78, 5) is 13.4. The van der Waals surface area contributed by atoms with Crippen molar-refractivity contribution < 1.29 is 4.79 Å². The van der Waals surface area contributed by atoms with Crippen molar-refractivity contribution in [3.05, 3.63) is 0 Å². The van der Waals surface area contributed by atoms with Crippen LogP contribution < -0.4 is 0 Å². The zero-order valence-electron chi connectivity index (χ0n) is 8.34. The van der Waals surface area contributed by atoms with Crippen LogP contribution in [0.25, 0.3) is 0 Å². The van der Waals surface area contributed by atoms with Crippen LogP contribution in [0.15, 0.2) is 0 Å². The zero-order chi connectivity index (χ0) is 9.14. The van der Waals surface area contributed by atoms with Crippen LogP contribution in [0, 0.1) is 5.92 Å². The predicted molar refractivity (Wildman–Crippen MR) is 50.1 cm³/mol. The van der Waals surface area contributed by atoms with E-state index < -0.39 is 0 Å². The minimum atomic E-state index is 0.121. The Hall–Kier alpha value is -0.370. The number of Topliss-reactive ketones (excluding diaryl/α,β-unsaturated/α-hetero) is 1. The van der Waals surface area contributed by atoms with Crippen LogP contribution in [-0.4, -0.2) is 29.8 Å². The van der Waals surface area contributed by atoms with Crippen molar-refractivity contribution >= 4 is 5.78 Å². The van der Waals surface area contributed by atoms with Gasteiger partial charge in [0.05, 0.1) is 6.04 Å². The second-order valence-corrected chi connectivity index (χ2v) is 3.82. The molecule has 1 unspecified atom stereocenters. The molecule has 0 aromatic rings. The standard InChI is InChI=1S/C10H19NO/c1-4-11(7-10-5-6-10)8(2)9(3)12/h8,10H,4-7H2,1-3H3. The highest BCUT2D eigenvalue weighted by Crippen LogP contribution is 2.30. The molecule has 1 fully saturated rings. The fourth-order valence-electron chi connectivity index (χ4n) is 1.45. The second-order valence-electron chi connectivity index (χ2n) is 3.82. The first kappa shape index (κ1) is 9.72. The highest BCUT2D eigenvalue weighted by atomic mass is 16.1. The van der Waals surface area contributed by atoms with Gasteiger partial charge in [-0.2, -0.15) is 0 Å². The highest BCUT2D eigenvalue weighted by Gasteiger charge is 2.26. The van der Waals surface area contributed by atoms with E-state index in [-0.39, 0.29) is 11.8 Å². The molecule has 0 amide bonds. The number of rotatable bonds is 5. The minimum Gasteiger partial charge on any atom is -0.298 e. The Bertz CT molecular complexity index is 163. The van der Waals surface area contributed by atoms with E-state index in [2.05, 4.69) is 11.8 Å². The van der Waals surface area contributed by atoms with Gasteiger partial charge >= 0.3 is 0 Å². The molecule has 1 rings (SSSR count). The molecular weight excluding hydrogens is 150 g/mol. The van der Waals surface area contributed by atoms with Gasteiger partial charge in [0, 0.05) is 6.54 Å². The summed E-state index contributed by atoms with van der Waals surface area (Å²) in [5, 5.41) is 0. The van der Waals surface area contributed by atoms with Crippen LogP contribution in [0.2, 0.25) is 0 Å². The van der Waals surface area contributed by atoms with Gasteiger partial charge < -0.3 is 0 Å². The Balaban J connectivity index is 2.36. The van der Waals surface area contributed by atoms with Crippen molar-refractivity contribution in [2.24, 2.45) is 5.92 Å². The minimum absolute atomic E-state index is 0.121. The summed E-state index contributed by atoms with van der Waals surface area (Å²) in [6, 6.07) is 0.121. The fourth-order valence-corrected chi connectivity index (χ4v) is 1.45. The topological polar surface area (TPSA) is 20.3 Å². The molecule has 0 spiro atoms. The third-order valence-electron chi connectivity index (χ3n) is 2.73. The summed E-state index contributed by atoms with van der Waals surface area (Å²) in [5.74, 6) is 1.17. The van der Waals surface area contributed by atoms with E-state index in [1.54, 1.807) is 6.92 Å². The third kappa shape index (κ3) is 2.59. The van der Waals surface area contributed by atoms with Crippen LogP contribution in [0.5, 0.6) is 0 Å². The molecule has 1 saturated carbocycles. The molecular formula is C10H19NO. The van der Waals surface area contributed by atoms with Crippen LogP contribution in [0.4, 0.5) is 0 Å². The Morgan fingerprint density at radius 3 is 2.50 bits per heavy atom. The van der Waals surface area contributed by atoms with Crippen molar-refractivity contribution in [1.29, 1.82) is 0 Å². The predicted octanol–water partition coefficient (Wildman–Crippen LogP) is 1.70. The zero-order valence-corrected chi connectivity index (χ0v) is 8.34. The lowest BCUT2D eigenvalue weighted by Crippen LogP contribution is -2.39. The van der Waals surface area contributed by atoms with Gasteiger partial charge in [-0.3, -0.25) is 9.69 Å². The lowest BCUT2D eigenvalue weighted by Gasteiger charge is -2.25. The molecule has 1 aliphatic rings. The maximum Gasteiger partial charge on any atom is 0.146 e. The van der Waals surface area contributed by atoms with Crippen molar-refractivity contribution in [2.45, 2.75) is 39.7 Å². The smallest absolute Gasteiger partial charge is 0.146 e. The second kappa shape index (κ2) is 4.04. The van der Waals surface area contributed by atoms with E-state index in [1.165, 1.54) is 12.8 Å². The molecule has 0 heterocycles. The molecule has 12 heavy (non-hydrogen) atoms. The van der Waals surface area contributed by atoms with Gasteiger partial charge in [0.2, 0.25) is 0 Å². The number of likely N-dealkylation sites (N-methyl/N-ethyl adjacent to an activating group) is 1. The summed E-state index contributed by atoms with van der Waals surface area (Å²) in [5.41, 5.74) is 0. The van der Waals surface area contributed by atoms with Crippen molar-refractivity contribution in [1.82, 2.24) is 4.90 Å². The van der Waals surface area contributed by atoms with Crippen LogP contribution >= 0.6 is 0 Å². The number of ketones is 1. The molecule has 1 atom stereocenters. The molecule has 0 aromatic heterocycles. The first-order valence-electron chi connectivity index (χ1n) is 4.89. The third-order valence-corrected chi connectivity index (χ3v) is 2.73. The lowest BCUT2D eigenvalue weighted by molar-refractivity contribution is -0.121. The lowest BCUT2D eigenvalue weighted by atomic mass is 10.2. The van der Waals surface area contributed by atoms with Gasteiger partial charge in [-0.15, -0.1) is 0 Å². The highest BCUT2D eigenvalue weighted by molar-refractivity contribution is 5.80. The first-order valence-corrected chi connectivity index (χ1v) is 4.89. The molecule has 0 saturated heterocycles. The Labute approximate surface area is 74.9 Å². The Morgan fingerprint density at radius 1 is 1.58 bits per heavy atom. The maximum absolute atomic E-state index is 11.1. The normalized spacial score (nSPS) is 19.7. The Kier molecular flexibility index (Phi) is 3.27. The van der Waals surface area contributed by atoms with Gasteiger partial charge in [0.15, 0.2) is 0 Å². The van der Waals surface area contributed by atoms with Gasteiger partial charge in [-0.1, -0.05) is 6.92 Å². The first-order chi connectivity index (χ1) is 5.65. The quantitative estimate of drug-likeness (QED) is 0.624. The number of carbonyl (C=O) groups excluding carboxylic acids is 1. The summed E-state index contributed by atoms with van der Waals surface area (Å²) in [7, 11) is 0. The van der Waals surface area contributed by atoms with Gasteiger partial charge in [0.25, 0.3) is 0 Å². The molecule has 0 aromatic carbocycles. The van der Waals surface area contributed by atoms with Crippen LogP contribution in [0.3, 0.4) is 0 Å². The van der Waals surface area contributed by atoms with Gasteiger partial charge in [0.1, 0.15) is 5.78 Å². The molecule has 70 valence electrons. The molecule has 0 N–H and O–H groups in total. The van der Waals surface area contributed by atoms with Crippen molar-refractivity contribution in [2.75, 3.05) is 13.1 Å². The van der Waals surface area contributed by atoms with E-state index >= 15 is 0 Å².